The van der Waals surface area contributed by atoms with E-state index in [1.54, 1.807) is 0 Å². The second-order valence-electron chi connectivity index (χ2n) is 15.4. The fourth-order valence-corrected chi connectivity index (χ4v) is 8.72. The van der Waals surface area contributed by atoms with Gasteiger partial charge in [-0.05, 0) is 154 Å². The van der Waals surface area contributed by atoms with Crippen LogP contribution in [0.5, 0.6) is 0 Å². The molecule has 4 rings (SSSR count). The van der Waals surface area contributed by atoms with Crippen LogP contribution in [0.1, 0.15) is 126 Å². The van der Waals surface area contributed by atoms with Gasteiger partial charge in [-0.25, -0.2) is 0 Å². The molecule has 0 fully saturated rings. The molecule has 2 atom stereocenters. The average molecular weight is 713 g/mol. The van der Waals surface area contributed by atoms with Crippen molar-refractivity contribution in [2.45, 2.75) is 99.8 Å². The number of rotatable bonds is 16. The Morgan fingerprint density at radius 3 is 2.07 bits per heavy atom. The normalized spacial score (nSPS) is 16.0. The average Bonchev–Trinajstić information content (AvgIpc) is 3.40. The van der Waals surface area contributed by atoms with Crippen LogP contribution in [0.15, 0.2) is 151 Å². The predicted molar refractivity (Wildman–Crippen MR) is 243 cm³/mol. The van der Waals surface area contributed by atoms with Crippen LogP contribution in [-0.4, -0.2) is 0 Å². The molecule has 0 radical (unpaired) electrons. The molecule has 1 aliphatic carbocycles. The smallest absolute Gasteiger partial charge is 0.0159 e. The second kappa shape index (κ2) is 17.9. The van der Waals surface area contributed by atoms with Crippen LogP contribution in [0.25, 0.3) is 28.9 Å². The van der Waals surface area contributed by atoms with Gasteiger partial charge in [0.05, 0.1) is 0 Å². The van der Waals surface area contributed by atoms with Gasteiger partial charge in [0, 0.05) is 5.41 Å². The lowest BCUT2D eigenvalue weighted by Crippen LogP contribution is -2.17. The molecule has 0 nitrogen and oxygen atoms in total. The number of fused-ring (bicyclic) bond motifs is 3. The van der Waals surface area contributed by atoms with Crippen molar-refractivity contribution in [3.05, 3.63) is 196 Å². The first kappa shape index (κ1) is 41.8. The van der Waals surface area contributed by atoms with Gasteiger partial charge in [0.15, 0.2) is 0 Å². The number of allylic oxidation sites excluding steroid dienone is 13. The van der Waals surface area contributed by atoms with Gasteiger partial charge in [0.1, 0.15) is 0 Å². The van der Waals surface area contributed by atoms with E-state index in [-0.39, 0.29) is 5.41 Å². The van der Waals surface area contributed by atoms with Crippen LogP contribution in [-0.2, 0) is 11.8 Å². The number of hydrogen-bond donors (Lipinski definition) is 0. The summed E-state index contributed by atoms with van der Waals surface area (Å²) in [6.07, 6.45) is 19.6. The molecule has 3 aromatic rings. The van der Waals surface area contributed by atoms with Crippen molar-refractivity contribution >= 4 is 17.7 Å². The largest absolute Gasteiger partial charge is 0.0988 e. The molecule has 0 saturated heterocycles. The topological polar surface area (TPSA) is 0 Å². The van der Waals surface area contributed by atoms with Crippen LogP contribution in [0.4, 0.5) is 0 Å². The summed E-state index contributed by atoms with van der Waals surface area (Å²) in [6, 6.07) is 18.2. The molecule has 0 spiro atoms. The van der Waals surface area contributed by atoms with Crippen LogP contribution in [0.2, 0.25) is 0 Å². The Morgan fingerprint density at radius 2 is 1.52 bits per heavy atom. The Kier molecular flexibility index (Phi) is 13.9. The van der Waals surface area contributed by atoms with Crippen LogP contribution in [0, 0.1) is 12.8 Å². The molecule has 0 heteroatoms. The molecule has 54 heavy (non-hydrogen) atoms. The van der Waals surface area contributed by atoms with Gasteiger partial charge in [-0.3, -0.25) is 0 Å². The standard InChI is InChI=1S/C54H64/c1-16-26-47(35(9)18-3)39(13)49(27-17-2)43(20-5)38(12)37(11)41-30-31-50-51(33-41)54(14,15)52-34-42(45(22-7)46(23-8)53(50)52)32-40(19-4)44(21-6)48-29-25-24-28-36(48)10/h16,18-26,28-31,33-34,37-38H,3-4,6-8,17,27,32H2,1-2,5,9-15H3/b26-16-,43-20-,44-40-,47-35+,49-39+. The third-order valence-electron chi connectivity index (χ3n) is 12.0. The second-order valence-corrected chi connectivity index (χ2v) is 15.4. The summed E-state index contributed by atoms with van der Waals surface area (Å²) in [5.74, 6) is 0.638. The molecule has 0 saturated carbocycles. The van der Waals surface area contributed by atoms with Crippen molar-refractivity contribution < 1.29 is 0 Å². The van der Waals surface area contributed by atoms with Crippen LogP contribution >= 0.6 is 0 Å². The maximum atomic E-state index is 4.35. The highest BCUT2D eigenvalue weighted by atomic mass is 14.4. The van der Waals surface area contributed by atoms with E-state index < -0.39 is 0 Å². The van der Waals surface area contributed by atoms with Gasteiger partial charge >= 0.3 is 0 Å². The number of aryl methyl sites for hydroxylation is 1. The molecule has 0 aliphatic heterocycles. The minimum atomic E-state index is -0.202. The Balaban J connectivity index is 1.85. The molecular formula is C54H64. The summed E-state index contributed by atoms with van der Waals surface area (Å²) in [5.41, 5.74) is 21.4. The molecule has 1 aliphatic rings. The van der Waals surface area contributed by atoms with Gasteiger partial charge in [0.25, 0.3) is 0 Å². The fourth-order valence-electron chi connectivity index (χ4n) is 8.72. The van der Waals surface area contributed by atoms with E-state index in [0.717, 1.165) is 41.5 Å². The van der Waals surface area contributed by atoms with Crippen molar-refractivity contribution in [2.24, 2.45) is 5.92 Å². The quantitative estimate of drug-likeness (QED) is 0.130. The molecule has 0 heterocycles. The van der Waals surface area contributed by atoms with Crippen molar-refractivity contribution in [1.82, 2.24) is 0 Å². The number of benzene rings is 3. The van der Waals surface area contributed by atoms with Crippen molar-refractivity contribution in [3.63, 3.8) is 0 Å². The summed E-state index contributed by atoms with van der Waals surface area (Å²) < 4.78 is 0. The highest BCUT2D eigenvalue weighted by Crippen LogP contribution is 2.53. The Hall–Kier alpha value is -4.94. The highest BCUT2D eigenvalue weighted by molar-refractivity contribution is 5.91. The third kappa shape index (κ3) is 7.81. The molecule has 0 aromatic heterocycles. The fraction of sp³-hybridized carbons (Fsp3) is 0.296. The van der Waals surface area contributed by atoms with E-state index in [4.69, 9.17) is 0 Å². The predicted octanol–water partition coefficient (Wildman–Crippen LogP) is 15.8. The van der Waals surface area contributed by atoms with Gasteiger partial charge in [0.2, 0.25) is 0 Å². The van der Waals surface area contributed by atoms with Crippen LogP contribution in [0.3, 0.4) is 0 Å². The van der Waals surface area contributed by atoms with Gasteiger partial charge in [-0.1, -0.05) is 171 Å². The molecule has 0 N–H and O–H groups in total. The van der Waals surface area contributed by atoms with Gasteiger partial charge < -0.3 is 0 Å². The van der Waals surface area contributed by atoms with Gasteiger partial charge in [-0.2, -0.15) is 0 Å². The Morgan fingerprint density at radius 1 is 0.833 bits per heavy atom. The molecule has 2 unspecified atom stereocenters. The lowest BCUT2D eigenvalue weighted by atomic mass is 9.75. The maximum Gasteiger partial charge on any atom is 0.0159 e. The van der Waals surface area contributed by atoms with Crippen molar-refractivity contribution in [2.75, 3.05) is 0 Å². The summed E-state index contributed by atoms with van der Waals surface area (Å²) in [7, 11) is 0. The lowest BCUT2D eigenvalue weighted by Gasteiger charge is -2.29. The minimum absolute atomic E-state index is 0.202. The lowest BCUT2D eigenvalue weighted by molar-refractivity contribution is 0.557. The Labute approximate surface area is 329 Å². The molecule has 3 aromatic carbocycles. The molecular weight excluding hydrogens is 649 g/mol. The molecule has 280 valence electrons. The molecule has 0 amide bonds. The first-order valence-electron chi connectivity index (χ1n) is 19.8. The SMILES string of the molecule is C=C/C(C)=C(\C=C/C)C(/C)=C(CCC)/C(=C\C)C(C)C(C)c1ccc2c(c1)C(C)(C)c1cc(C/C(C=C)=C(/C=C)c3ccccc3C)c(C=C)c(C=C)c1-2. The summed E-state index contributed by atoms with van der Waals surface area (Å²) in [5, 5.41) is 0. The highest BCUT2D eigenvalue weighted by Gasteiger charge is 2.38. The molecule has 0 bridgehead atoms. The van der Waals surface area contributed by atoms with Crippen molar-refractivity contribution in [3.8, 4) is 11.1 Å². The van der Waals surface area contributed by atoms with E-state index in [0.29, 0.717) is 11.8 Å². The monoisotopic (exact) mass is 713 g/mol. The zero-order valence-corrected chi connectivity index (χ0v) is 35.0. The maximum absolute atomic E-state index is 4.35. The van der Waals surface area contributed by atoms with E-state index >= 15 is 0 Å². The summed E-state index contributed by atoms with van der Waals surface area (Å²) in [4.78, 5) is 0. The van der Waals surface area contributed by atoms with Crippen LogP contribution < -0.4 is 0 Å². The summed E-state index contributed by atoms with van der Waals surface area (Å²) >= 11 is 0. The third-order valence-corrected chi connectivity index (χ3v) is 12.0. The van der Waals surface area contributed by atoms with Gasteiger partial charge in [-0.15, -0.1) is 0 Å². The zero-order valence-electron chi connectivity index (χ0n) is 35.0. The van der Waals surface area contributed by atoms with E-state index in [1.807, 2.05) is 30.4 Å². The zero-order chi connectivity index (χ0) is 39.9. The van der Waals surface area contributed by atoms with Crippen molar-refractivity contribution in [1.29, 1.82) is 0 Å². The first-order chi connectivity index (χ1) is 25.8. The Bertz CT molecular complexity index is 2120. The first-order valence-corrected chi connectivity index (χ1v) is 19.8. The van der Waals surface area contributed by atoms with E-state index in [1.165, 1.54) is 72.4 Å². The summed E-state index contributed by atoms with van der Waals surface area (Å²) in [6.45, 7) is 44.0. The van der Waals surface area contributed by atoms with E-state index in [9.17, 15) is 0 Å². The van der Waals surface area contributed by atoms with E-state index in [2.05, 4.69) is 169 Å². The number of hydrogen-bond acceptors (Lipinski definition) is 0. The minimum Gasteiger partial charge on any atom is -0.0988 e.